The van der Waals surface area contributed by atoms with Gasteiger partial charge < -0.3 is 0 Å². The molecule has 0 bridgehead atoms. The number of hydrogen-bond acceptors (Lipinski definition) is 2. The average Bonchev–Trinajstić information content (AvgIpc) is 2.19. The maximum absolute atomic E-state index is 5.87. The maximum Gasteiger partial charge on any atom is 0.132 e. The quantitative estimate of drug-likeness (QED) is 0.665. The van der Waals surface area contributed by atoms with Crippen LogP contribution in [-0.4, -0.2) is 9.97 Å². The van der Waals surface area contributed by atoms with E-state index in [4.69, 9.17) is 11.6 Å². The second-order valence-corrected chi connectivity index (χ2v) is 4.73. The molecule has 2 nitrogen and oxygen atoms in total. The molecule has 76 valence electrons. The number of nitrogens with zero attached hydrogens (tertiary/aromatic N) is 2. The van der Waals surface area contributed by atoms with E-state index in [9.17, 15) is 0 Å². The Balaban J connectivity index is 2.28. The zero-order valence-corrected chi connectivity index (χ0v) is 9.22. The van der Waals surface area contributed by atoms with Crippen molar-refractivity contribution in [3.05, 3.63) is 23.2 Å². The first-order valence-corrected chi connectivity index (χ1v) is 5.57. The number of hydrogen-bond donors (Lipinski definition) is 0. The molecule has 14 heavy (non-hydrogen) atoms. The molecule has 1 saturated carbocycles. The van der Waals surface area contributed by atoms with Crippen molar-refractivity contribution in [2.24, 2.45) is 0 Å². The van der Waals surface area contributed by atoms with Crippen LogP contribution in [0, 0.1) is 0 Å². The Morgan fingerprint density at radius 2 is 1.93 bits per heavy atom. The molecule has 0 amide bonds. The standard InChI is InChI=1S/C11H15ClN2/c1-11(5-3-2-4-6-11)9-7-10(12)14-8-13-9/h7-8H,2-6H2,1H3. The number of rotatable bonds is 1. The second kappa shape index (κ2) is 3.85. The van der Waals surface area contributed by atoms with E-state index in [0.29, 0.717) is 5.15 Å². The first kappa shape index (κ1) is 9.91. The van der Waals surface area contributed by atoms with Crippen LogP contribution in [0.3, 0.4) is 0 Å². The van der Waals surface area contributed by atoms with Crippen LogP contribution in [0.25, 0.3) is 0 Å². The number of aromatic nitrogens is 2. The Morgan fingerprint density at radius 1 is 1.21 bits per heavy atom. The average molecular weight is 211 g/mol. The minimum atomic E-state index is 0.227. The zero-order chi connectivity index (χ0) is 10.0. The minimum absolute atomic E-state index is 0.227. The van der Waals surface area contributed by atoms with Gasteiger partial charge in [-0.15, -0.1) is 0 Å². The van der Waals surface area contributed by atoms with Crippen LogP contribution in [-0.2, 0) is 5.41 Å². The van der Waals surface area contributed by atoms with Crippen LogP contribution in [0.1, 0.15) is 44.7 Å². The van der Waals surface area contributed by atoms with Crippen molar-refractivity contribution in [2.45, 2.75) is 44.4 Å². The molecule has 1 aromatic heterocycles. The zero-order valence-electron chi connectivity index (χ0n) is 8.46. The van der Waals surface area contributed by atoms with Gasteiger partial charge in [0.05, 0.1) is 5.69 Å². The molecule has 1 aliphatic rings. The van der Waals surface area contributed by atoms with Crippen molar-refractivity contribution in [2.75, 3.05) is 0 Å². The van der Waals surface area contributed by atoms with Crippen molar-refractivity contribution in [3.8, 4) is 0 Å². The van der Waals surface area contributed by atoms with Gasteiger partial charge in [0.15, 0.2) is 0 Å². The van der Waals surface area contributed by atoms with E-state index in [1.165, 1.54) is 32.1 Å². The molecule has 0 saturated heterocycles. The fraction of sp³-hybridized carbons (Fsp3) is 0.636. The molecule has 1 aromatic rings. The van der Waals surface area contributed by atoms with E-state index in [0.717, 1.165) is 5.69 Å². The maximum atomic E-state index is 5.87. The molecule has 0 aromatic carbocycles. The summed E-state index contributed by atoms with van der Waals surface area (Å²) in [6, 6.07) is 1.91. The van der Waals surface area contributed by atoms with Crippen molar-refractivity contribution >= 4 is 11.6 Å². The van der Waals surface area contributed by atoms with Crippen molar-refractivity contribution in [3.63, 3.8) is 0 Å². The Hall–Kier alpha value is -0.630. The highest BCUT2D eigenvalue weighted by Crippen LogP contribution is 2.38. The largest absolute Gasteiger partial charge is 0.241 e. The van der Waals surface area contributed by atoms with E-state index < -0.39 is 0 Å². The van der Waals surface area contributed by atoms with E-state index in [2.05, 4.69) is 16.9 Å². The number of halogens is 1. The van der Waals surface area contributed by atoms with Gasteiger partial charge in [0.2, 0.25) is 0 Å². The summed E-state index contributed by atoms with van der Waals surface area (Å²) < 4.78 is 0. The minimum Gasteiger partial charge on any atom is -0.241 e. The molecule has 0 atom stereocenters. The SMILES string of the molecule is CC1(c2cc(Cl)ncn2)CCCCC1. The molecular formula is C11H15ClN2. The Kier molecular flexibility index (Phi) is 2.73. The Bertz CT molecular complexity index is 319. The summed E-state index contributed by atoms with van der Waals surface area (Å²) in [5, 5.41) is 0.557. The van der Waals surface area contributed by atoms with Crippen molar-refractivity contribution < 1.29 is 0 Å². The van der Waals surface area contributed by atoms with Crippen LogP contribution in [0.5, 0.6) is 0 Å². The van der Waals surface area contributed by atoms with Gasteiger partial charge >= 0.3 is 0 Å². The van der Waals surface area contributed by atoms with Gasteiger partial charge in [-0.1, -0.05) is 37.8 Å². The molecule has 0 aliphatic heterocycles. The highest BCUT2D eigenvalue weighted by Gasteiger charge is 2.30. The summed E-state index contributed by atoms with van der Waals surface area (Å²) in [5.74, 6) is 0. The second-order valence-electron chi connectivity index (χ2n) is 4.35. The fourth-order valence-corrected chi connectivity index (χ4v) is 2.40. The summed E-state index contributed by atoms with van der Waals surface area (Å²) in [6.07, 6.45) is 7.98. The van der Waals surface area contributed by atoms with Crippen LogP contribution < -0.4 is 0 Å². The predicted molar refractivity (Wildman–Crippen MR) is 57.5 cm³/mol. The summed E-state index contributed by atoms with van der Waals surface area (Å²) in [6.45, 7) is 2.28. The van der Waals surface area contributed by atoms with Gasteiger partial charge in [0.25, 0.3) is 0 Å². The van der Waals surface area contributed by atoms with Gasteiger partial charge in [-0.3, -0.25) is 0 Å². The lowest BCUT2D eigenvalue weighted by Crippen LogP contribution is -2.26. The molecule has 2 rings (SSSR count). The predicted octanol–water partition coefficient (Wildman–Crippen LogP) is 3.35. The van der Waals surface area contributed by atoms with Gasteiger partial charge in [-0.05, 0) is 18.9 Å². The van der Waals surface area contributed by atoms with Gasteiger partial charge in [-0.25, -0.2) is 9.97 Å². The van der Waals surface area contributed by atoms with Gasteiger partial charge in [0.1, 0.15) is 11.5 Å². The van der Waals surface area contributed by atoms with E-state index in [1.807, 2.05) is 6.07 Å². The van der Waals surface area contributed by atoms with Crippen molar-refractivity contribution in [1.29, 1.82) is 0 Å². The smallest absolute Gasteiger partial charge is 0.132 e. The molecular weight excluding hydrogens is 196 g/mol. The third-order valence-electron chi connectivity index (χ3n) is 3.21. The van der Waals surface area contributed by atoms with E-state index >= 15 is 0 Å². The monoisotopic (exact) mass is 210 g/mol. The third-order valence-corrected chi connectivity index (χ3v) is 3.42. The normalized spacial score (nSPS) is 20.7. The van der Waals surface area contributed by atoms with Crippen LogP contribution in [0.15, 0.2) is 12.4 Å². The molecule has 1 aliphatic carbocycles. The van der Waals surface area contributed by atoms with Crippen LogP contribution in [0.4, 0.5) is 0 Å². The highest BCUT2D eigenvalue weighted by molar-refractivity contribution is 6.29. The first-order chi connectivity index (χ1) is 6.71. The molecule has 0 radical (unpaired) electrons. The lowest BCUT2D eigenvalue weighted by atomic mass is 9.73. The van der Waals surface area contributed by atoms with Crippen molar-refractivity contribution in [1.82, 2.24) is 9.97 Å². The topological polar surface area (TPSA) is 25.8 Å². The van der Waals surface area contributed by atoms with Crippen LogP contribution in [0.2, 0.25) is 5.15 Å². The van der Waals surface area contributed by atoms with Gasteiger partial charge in [0, 0.05) is 5.41 Å². The van der Waals surface area contributed by atoms with Gasteiger partial charge in [-0.2, -0.15) is 0 Å². The lowest BCUT2D eigenvalue weighted by molar-refractivity contribution is 0.312. The Morgan fingerprint density at radius 3 is 2.57 bits per heavy atom. The first-order valence-electron chi connectivity index (χ1n) is 5.19. The van der Waals surface area contributed by atoms with Crippen LogP contribution >= 0.6 is 11.6 Å². The summed E-state index contributed by atoms with van der Waals surface area (Å²) in [7, 11) is 0. The van der Waals surface area contributed by atoms with E-state index in [-0.39, 0.29) is 5.41 Å². The molecule has 1 fully saturated rings. The molecule has 0 unspecified atom stereocenters. The highest BCUT2D eigenvalue weighted by atomic mass is 35.5. The lowest BCUT2D eigenvalue weighted by Gasteiger charge is -2.32. The Labute approximate surface area is 89.7 Å². The summed E-state index contributed by atoms with van der Waals surface area (Å²) in [4.78, 5) is 8.26. The summed E-state index contributed by atoms with van der Waals surface area (Å²) >= 11 is 5.87. The molecule has 0 N–H and O–H groups in total. The molecule has 3 heteroatoms. The molecule has 1 heterocycles. The van der Waals surface area contributed by atoms with E-state index in [1.54, 1.807) is 6.33 Å². The summed E-state index contributed by atoms with van der Waals surface area (Å²) in [5.41, 5.74) is 1.34. The third kappa shape index (κ3) is 1.90. The molecule has 0 spiro atoms. The fourth-order valence-electron chi connectivity index (χ4n) is 2.25.